The third-order valence-corrected chi connectivity index (χ3v) is 10.6. The first-order valence-electron chi connectivity index (χ1n) is 10.7. The van der Waals surface area contributed by atoms with E-state index in [9.17, 15) is 4.39 Å². The second-order valence-electron chi connectivity index (χ2n) is 8.69. The van der Waals surface area contributed by atoms with Gasteiger partial charge in [0.15, 0.2) is 0 Å². The van der Waals surface area contributed by atoms with E-state index >= 15 is 0 Å². The minimum absolute atomic E-state index is 0.0835. The monoisotopic (exact) mass is 437 g/mol. The predicted molar refractivity (Wildman–Crippen MR) is 128 cm³/mol. The zero-order valence-electron chi connectivity index (χ0n) is 18.6. The number of hydrogen-bond donors (Lipinski definition) is 1. The predicted octanol–water partition coefficient (Wildman–Crippen LogP) is 4.38. The molecule has 0 amide bonds. The van der Waals surface area contributed by atoms with Crippen molar-refractivity contribution >= 4 is 18.7 Å². The van der Waals surface area contributed by atoms with Crippen LogP contribution in [0.5, 0.6) is 0 Å². The molecule has 0 aliphatic heterocycles. The molecule has 0 aliphatic rings. The van der Waals surface area contributed by atoms with Gasteiger partial charge in [-0.25, -0.2) is 4.39 Å². The van der Waals surface area contributed by atoms with E-state index in [-0.39, 0.29) is 17.5 Å². The Kier molecular flexibility index (Phi) is 7.78. The van der Waals surface area contributed by atoms with Crippen LogP contribution in [0.3, 0.4) is 0 Å². The Balaban J connectivity index is 1.76. The molecule has 0 unspecified atom stereocenters. The Bertz CT molecular complexity index is 919. The van der Waals surface area contributed by atoms with E-state index < -0.39 is 8.32 Å². The summed E-state index contributed by atoms with van der Waals surface area (Å²) in [4.78, 5) is 0. The molecule has 2 N–H and O–H groups in total. The minimum Gasteiger partial charge on any atom is -0.405 e. The van der Waals surface area contributed by atoms with Crippen LogP contribution in [0.4, 0.5) is 4.39 Å². The molecule has 5 heteroatoms. The SMILES string of the molecule is CC(C)(C)[Si](OCCOCc1ccc(CN)cc1F)(c1ccccc1)c1ccccc1. The Morgan fingerprint density at radius 3 is 1.90 bits per heavy atom. The van der Waals surface area contributed by atoms with Crippen LogP contribution in [0, 0.1) is 5.82 Å². The number of ether oxygens (including phenoxy) is 1. The smallest absolute Gasteiger partial charge is 0.261 e. The second-order valence-corrected chi connectivity index (χ2v) is 13.0. The van der Waals surface area contributed by atoms with Crippen molar-refractivity contribution in [2.24, 2.45) is 5.73 Å². The van der Waals surface area contributed by atoms with Crippen LogP contribution in [0.25, 0.3) is 0 Å². The molecule has 0 saturated heterocycles. The highest BCUT2D eigenvalue weighted by Gasteiger charge is 2.49. The molecule has 0 bridgehead atoms. The maximum Gasteiger partial charge on any atom is 0.261 e. The zero-order chi connectivity index (χ0) is 22.3. The lowest BCUT2D eigenvalue weighted by Gasteiger charge is -2.43. The van der Waals surface area contributed by atoms with Crippen molar-refractivity contribution < 1.29 is 13.6 Å². The number of nitrogens with two attached hydrogens (primary N) is 1. The van der Waals surface area contributed by atoms with Gasteiger partial charge in [0.25, 0.3) is 8.32 Å². The van der Waals surface area contributed by atoms with Gasteiger partial charge in [-0.3, -0.25) is 0 Å². The normalized spacial score (nSPS) is 12.2. The first kappa shape index (κ1) is 23.4. The molecule has 0 aromatic heterocycles. The molecule has 0 spiro atoms. The summed E-state index contributed by atoms with van der Waals surface area (Å²) in [5.41, 5.74) is 6.87. The van der Waals surface area contributed by atoms with E-state index in [0.29, 0.717) is 25.3 Å². The fourth-order valence-electron chi connectivity index (χ4n) is 4.03. The molecular formula is C26H32FNO2Si. The van der Waals surface area contributed by atoms with E-state index in [1.54, 1.807) is 6.07 Å². The average molecular weight is 438 g/mol. The highest BCUT2D eigenvalue weighted by Crippen LogP contribution is 2.36. The third-order valence-electron chi connectivity index (χ3n) is 5.57. The Hall–Kier alpha value is -2.31. The number of hydrogen-bond acceptors (Lipinski definition) is 3. The molecule has 164 valence electrons. The molecule has 0 aliphatic carbocycles. The summed E-state index contributed by atoms with van der Waals surface area (Å²) in [6.45, 7) is 8.10. The lowest BCUT2D eigenvalue weighted by atomic mass is 10.1. The van der Waals surface area contributed by atoms with Gasteiger partial charge >= 0.3 is 0 Å². The minimum atomic E-state index is -2.57. The van der Waals surface area contributed by atoms with Crippen molar-refractivity contribution in [3.63, 3.8) is 0 Å². The van der Waals surface area contributed by atoms with Crippen LogP contribution in [0.15, 0.2) is 78.9 Å². The lowest BCUT2D eigenvalue weighted by molar-refractivity contribution is 0.0842. The van der Waals surface area contributed by atoms with E-state index in [4.69, 9.17) is 14.9 Å². The van der Waals surface area contributed by atoms with Gasteiger partial charge in [-0.2, -0.15) is 0 Å². The average Bonchev–Trinajstić information content (AvgIpc) is 2.77. The zero-order valence-corrected chi connectivity index (χ0v) is 19.6. The van der Waals surface area contributed by atoms with Gasteiger partial charge < -0.3 is 14.9 Å². The Morgan fingerprint density at radius 1 is 0.839 bits per heavy atom. The maximum absolute atomic E-state index is 14.2. The second kappa shape index (κ2) is 10.3. The summed E-state index contributed by atoms with van der Waals surface area (Å²) in [5, 5.41) is 2.38. The van der Waals surface area contributed by atoms with Gasteiger partial charge in [0, 0.05) is 12.1 Å². The van der Waals surface area contributed by atoms with Crippen LogP contribution in [-0.2, 0) is 22.3 Å². The standard InChI is InChI=1S/C26H32FNO2Si/c1-26(2,3)31(23-10-6-4-7-11-23,24-12-8-5-9-13-24)30-17-16-29-20-22-15-14-21(19-28)18-25(22)27/h4-15,18H,16-17,19-20,28H2,1-3H3. The van der Waals surface area contributed by atoms with Crippen LogP contribution < -0.4 is 16.1 Å². The lowest BCUT2D eigenvalue weighted by Crippen LogP contribution is -2.66. The van der Waals surface area contributed by atoms with Gasteiger partial charge in [0.05, 0.1) is 19.8 Å². The molecule has 0 atom stereocenters. The van der Waals surface area contributed by atoms with Gasteiger partial charge in [0.2, 0.25) is 0 Å². The highest BCUT2D eigenvalue weighted by atomic mass is 28.4. The third kappa shape index (κ3) is 5.30. The number of benzene rings is 3. The highest BCUT2D eigenvalue weighted by molar-refractivity contribution is 6.99. The van der Waals surface area contributed by atoms with Crippen molar-refractivity contribution in [2.45, 2.75) is 39.0 Å². The van der Waals surface area contributed by atoms with Crippen molar-refractivity contribution in [3.05, 3.63) is 95.8 Å². The van der Waals surface area contributed by atoms with E-state index in [1.165, 1.54) is 16.4 Å². The van der Waals surface area contributed by atoms with Crippen LogP contribution in [-0.4, -0.2) is 21.5 Å². The molecule has 31 heavy (non-hydrogen) atoms. The first-order chi connectivity index (χ1) is 14.9. The molecule has 0 radical (unpaired) electrons. The summed E-state index contributed by atoms with van der Waals surface area (Å²) in [7, 11) is -2.57. The Labute approximate surface area is 186 Å². The molecule has 3 rings (SSSR count). The largest absolute Gasteiger partial charge is 0.405 e. The molecule has 3 aromatic carbocycles. The molecule has 0 fully saturated rings. The topological polar surface area (TPSA) is 44.5 Å². The summed E-state index contributed by atoms with van der Waals surface area (Å²) in [5.74, 6) is -0.282. The van der Waals surface area contributed by atoms with Crippen molar-refractivity contribution in [1.82, 2.24) is 0 Å². The molecule has 0 heterocycles. The van der Waals surface area contributed by atoms with Crippen molar-refractivity contribution in [2.75, 3.05) is 13.2 Å². The number of halogens is 1. The molecule has 3 aromatic rings. The fraction of sp³-hybridized carbons (Fsp3) is 0.308. The van der Waals surface area contributed by atoms with Gasteiger partial charge in [-0.15, -0.1) is 0 Å². The molecular weight excluding hydrogens is 405 g/mol. The fourth-order valence-corrected chi connectivity index (χ4v) is 8.58. The van der Waals surface area contributed by atoms with Crippen LogP contribution in [0.2, 0.25) is 5.04 Å². The van der Waals surface area contributed by atoms with Crippen LogP contribution >= 0.6 is 0 Å². The summed E-state index contributed by atoms with van der Waals surface area (Å²) < 4.78 is 26.7. The van der Waals surface area contributed by atoms with Gasteiger partial charge in [-0.1, -0.05) is 93.6 Å². The van der Waals surface area contributed by atoms with E-state index in [2.05, 4.69) is 69.3 Å². The quantitative estimate of drug-likeness (QED) is 0.399. The first-order valence-corrected chi connectivity index (χ1v) is 12.6. The van der Waals surface area contributed by atoms with Gasteiger partial charge in [-0.05, 0) is 27.0 Å². The van der Waals surface area contributed by atoms with Crippen molar-refractivity contribution in [1.29, 1.82) is 0 Å². The van der Waals surface area contributed by atoms with Gasteiger partial charge in [0.1, 0.15) is 5.82 Å². The summed E-state index contributed by atoms with van der Waals surface area (Å²) in [6.07, 6.45) is 0. The maximum atomic E-state index is 14.2. The summed E-state index contributed by atoms with van der Waals surface area (Å²) in [6, 6.07) is 26.0. The Morgan fingerprint density at radius 2 is 1.42 bits per heavy atom. The van der Waals surface area contributed by atoms with E-state index in [0.717, 1.165) is 5.56 Å². The molecule has 0 saturated carbocycles. The summed E-state index contributed by atoms with van der Waals surface area (Å²) >= 11 is 0. The van der Waals surface area contributed by atoms with Crippen LogP contribution in [0.1, 0.15) is 31.9 Å². The van der Waals surface area contributed by atoms with Crippen molar-refractivity contribution in [3.8, 4) is 0 Å². The van der Waals surface area contributed by atoms with E-state index in [1.807, 2.05) is 18.2 Å². The molecule has 3 nitrogen and oxygen atoms in total. The number of rotatable bonds is 9.